The molecule has 4 N–H and O–H groups in total. The molecule has 0 heterocycles. The summed E-state index contributed by atoms with van der Waals surface area (Å²) >= 11 is 0. The number of hydrogen-bond acceptors (Lipinski definition) is 8. The first-order valence-corrected chi connectivity index (χ1v) is 8.74. The zero-order valence-corrected chi connectivity index (χ0v) is 15.3. The molecule has 0 radical (unpaired) electrons. The Balaban J connectivity index is 3.16. The van der Waals surface area contributed by atoms with Crippen molar-refractivity contribution in [3.05, 3.63) is 0 Å². The maximum atomic E-state index is 11.5. The molecule has 0 saturated heterocycles. The van der Waals surface area contributed by atoms with Crippen LogP contribution in [0, 0.1) is 0 Å². The van der Waals surface area contributed by atoms with Crippen molar-refractivity contribution in [3.8, 4) is 0 Å². The summed E-state index contributed by atoms with van der Waals surface area (Å²) < 4.78 is 26.0. The van der Waals surface area contributed by atoms with E-state index in [1.807, 2.05) is 0 Å². The number of carboxylic acids is 1. The number of carboxylic acid groups (broad SMARTS) is 1. The number of hydrogen-bond donors (Lipinski definition) is 3. The van der Waals surface area contributed by atoms with Crippen LogP contribution in [0.3, 0.4) is 0 Å². The lowest BCUT2D eigenvalue weighted by molar-refractivity contribution is -0.138. The minimum atomic E-state index is -0.896. The highest BCUT2D eigenvalue weighted by Gasteiger charge is 2.01. The lowest BCUT2D eigenvalue weighted by atomic mass is 10.4. The fraction of sp³-hybridized carbons (Fsp3) is 0.875. The lowest BCUT2D eigenvalue weighted by Gasteiger charge is -2.08. The Bertz CT molecular complexity index is 344. The van der Waals surface area contributed by atoms with Crippen LogP contribution in [0.5, 0.6) is 0 Å². The minimum absolute atomic E-state index is 0.0280. The molecule has 1 amide bonds. The number of carbonyl (C=O) groups is 2. The molecule has 26 heavy (non-hydrogen) atoms. The van der Waals surface area contributed by atoms with E-state index in [-0.39, 0.29) is 32.0 Å². The van der Waals surface area contributed by atoms with Gasteiger partial charge in [0.2, 0.25) is 5.91 Å². The van der Waals surface area contributed by atoms with Gasteiger partial charge in [-0.1, -0.05) is 0 Å². The molecular formula is C16H32N2O8. The van der Waals surface area contributed by atoms with Gasteiger partial charge in [-0.3, -0.25) is 9.59 Å². The molecule has 0 bridgehead atoms. The standard InChI is InChI=1S/C16H32N2O8/c17-3-7-24-11-13-26-14-12-25-8-4-18-15(19)1-5-22-9-10-23-6-2-16(20)21/h1-14,17H2,(H,18,19)(H,20,21). The zero-order valence-electron chi connectivity index (χ0n) is 15.3. The average Bonchev–Trinajstić information content (AvgIpc) is 2.61. The van der Waals surface area contributed by atoms with Gasteiger partial charge < -0.3 is 39.8 Å². The second-order valence-electron chi connectivity index (χ2n) is 5.09. The summed E-state index contributed by atoms with van der Waals surface area (Å²) in [6, 6.07) is 0. The number of carbonyl (C=O) groups excluding carboxylic acids is 1. The van der Waals surface area contributed by atoms with Crippen molar-refractivity contribution in [3.63, 3.8) is 0 Å². The van der Waals surface area contributed by atoms with Crippen molar-refractivity contribution in [1.82, 2.24) is 5.32 Å². The van der Waals surface area contributed by atoms with Gasteiger partial charge in [-0.15, -0.1) is 0 Å². The fourth-order valence-corrected chi connectivity index (χ4v) is 1.62. The number of nitrogens with two attached hydrogens (primary N) is 1. The largest absolute Gasteiger partial charge is 0.481 e. The molecule has 0 aromatic carbocycles. The van der Waals surface area contributed by atoms with Gasteiger partial charge in [0, 0.05) is 19.5 Å². The number of nitrogens with one attached hydrogen (secondary N) is 1. The van der Waals surface area contributed by atoms with Crippen molar-refractivity contribution in [2.75, 3.05) is 79.2 Å². The van der Waals surface area contributed by atoms with Crippen molar-refractivity contribution in [1.29, 1.82) is 0 Å². The molecule has 0 aliphatic carbocycles. The van der Waals surface area contributed by atoms with E-state index in [1.165, 1.54) is 0 Å². The molecule has 0 aliphatic rings. The fourth-order valence-electron chi connectivity index (χ4n) is 1.62. The average molecular weight is 380 g/mol. The van der Waals surface area contributed by atoms with E-state index in [0.29, 0.717) is 65.9 Å². The maximum Gasteiger partial charge on any atom is 0.305 e. The summed E-state index contributed by atoms with van der Waals surface area (Å²) in [7, 11) is 0. The van der Waals surface area contributed by atoms with Crippen LogP contribution in [0.1, 0.15) is 12.8 Å². The Labute approximate surface area is 154 Å². The van der Waals surface area contributed by atoms with Gasteiger partial charge in [-0.2, -0.15) is 0 Å². The maximum absolute atomic E-state index is 11.5. The van der Waals surface area contributed by atoms with Gasteiger partial charge in [-0.05, 0) is 0 Å². The number of ether oxygens (including phenoxy) is 5. The number of rotatable bonds is 20. The van der Waals surface area contributed by atoms with Crippen molar-refractivity contribution in [2.45, 2.75) is 12.8 Å². The van der Waals surface area contributed by atoms with Gasteiger partial charge in [0.25, 0.3) is 0 Å². The third-order valence-electron chi connectivity index (χ3n) is 2.88. The molecule has 0 saturated carbocycles. The van der Waals surface area contributed by atoms with Crippen LogP contribution >= 0.6 is 0 Å². The second-order valence-corrected chi connectivity index (χ2v) is 5.09. The number of aliphatic carboxylic acids is 1. The molecule has 10 nitrogen and oxygen atoms in total. The summed E-state index contributed by atoms with van der Waals surface area (Å²) in [5, 5.41) is 11.1. The Morgan fingerprint density at radius 1 is 0.692 bits per heavy atom. The highest BCUT2D eigenvalue weighted by atomic mass is 16.5. The Kier molecular flexibility index (Phi) is 19.0. The summed E-state index contributed by atoms with van der Waals surface area (Å²) in [6.45, 7) is 4.91. The minimum Gasteiger partial charge on any atom is -0.481 e. The number of amides is 1. The van der Waals surface area contributed by atoms with Crippen LogP contribution in [-0.2, 0) is 33.3 Å². The molecule has 0 atom stereocenters. The van der Waals surface area contributed by atoms with Crippen molar-refractivity contribution >= 4 is 11.9 Å². The predicted molar refractivity (Wildman–Crippen MR) is 93.0 cm³/mol. The first-order chi connectivity index (χ1) is 12.7. The topological polar surface area (TPSA) is 139 Å². The van der Waals surface area contributed by atoms with E-state index in [4.69, 9.17) is 34.5 Å². The molecule has 0 aromatic heterocycles. The summed E-state index contributed by atoms with van der Waals surface area (Å²) in [5.41, 5.74) is 5.28. The Morgan fingerprint density at radius 2 is 1.15 bits per heavy atom. The Hall–Kier alpha value is -1.30. The van der Waals surface area contributed by atoms with Gasteiger partial charge in [0.15, 0.2) is 0 Å². The van der Waals surface area contributed by atoms with Crippen LogP contribution < -0.4 is 11.1 Å². The molecule has 0 aromatic rings. The van der Waals surface area contributed by atoms with Gasteiger partial charge in [-0.25, -0.2) is 0 Å². The van der Waals surface area contributed by atoms with Crippen LogP contribution in [0.25, 0.3) is 0 Å². The molecule has 0 unspecified atom stereocenters. The highest BCUT2D eigenvalue weighted by molar-refractivity contribution is 5.75. The van der Waals surface area contributed by atoms with Gasteiger partial charge in [0.1, 0.15) is 0 Å². The van der Waals surface area contributed by atoms with Crippen molar-refractivity contribution < 1.29 is 38.4 Å². The first kappa shape index (κ1) is 24.7. The van der Waals surface area contributed by atoms with E-state index in [2.05, 4.69) is 5.32 Å². The van der Waals surface area contributed by atoms with Gasteiger partial charge >= 0.3 is 5.97 Å². The Morgan fingerprint density at radius 3 is 1.69 bits per heavy atom. The predicted octanol–water partition coefficient (Wildman–Crippen LogP) is -0.991. The molecular weight excluding hydrogens is 348 g/mol. The zero-order chi connectivity index (χ0) is 19.3. The SMILES string of the molecule is NCCOCCOCCOCCNC(=O)CCOCCOCCC(=O)O. The lowest BCUT2D eigenvalue weighted by Crippen LogP contribution is -2.28. The van der Waals surface area contributed by atoms with E-state index in [0.717, 1.165) is 0 Å². The quantitative estimate of drug-likeness (QED) is 0.227. The van der Waals surface area contributed by atoms with E-state index >= 15 is 0 Å². The molecule has 0 fully saturated rings. The van der Waals surface area contributed by atoms with Crippen LogP contribution in [0.4, 0.5) is 0 Å². The molecule has 0 rings (SSSR count). The third kappa shape index (κ3) is 20.7. The van der Waals surface area contributed by atoms with Crippen LogP contribution in [0.15, 0.2) is 0 Å². The molecule has 10 heteroatoms. The monoisotopic (exact) mass is 380 g/mol. The summed E-state index contributed by atoms with van der Waals surface area (Å²) in [6.07, 6.45) is 0.223. The third-order valence-corrected chi connectivity index (χ3v) is 2.88. The molecule has 154 valence electrons. The molecule has 0 aliphatic heterocycles. The highest BCUT2D eigenvalue weighted by Crippen LogP contribution is 1.87. The van der Waals surface area contributed by atoms with E-state index < -0.39 is 5.97 Å². The molecule has 0 spiro atoms. The van der Waals surface area contributed by atoms with Gasteiger partial charge in [0.05, 0.1) is 72.5 Å². The summed E-state index contributed by atoms with van der Waals surface area (Å²) in [5.74, 6) is -1.01. The van der Waals surface area contributed by atoms with Crippen molar-refractivity contribution in [2.24, 2.45) is 5.73 Å². The first-order valence-electron chi connectivity index (χ1n) is 8.74. The smallest absolute Gasteiger partial charge is 0.305 e. The second kappa shape index (κ2) is 20.0. The van der Waals surface area contributed by atoms with Crippen LogP contribution in [-0.4, -0.2) is 96.1 Å². The normalized spacial score (nSPS) is 10.8. The van der Waals surface area contributed by atoms with E-state index in [9.17, 15) is 9.59 Å². The summed E-state index contributed by atoms with van der Waals surface area (Å²) in [4.78, 5) is 21.8. The van der Waals surface area contributed by atoms with E-state index in [1.54, 1.807) is 0 Å². The van der Waals surface area contributed by atoms with Crippen LogP contribution in [0.2, 0.25) is 0 Å².